The molecule has 4 atom stereocenters. The minimum atomic E-state index is -0.446. The quantitative estimate of drug-likeness (QED) is 0.224. The third-order valence-electron chi connectivity index (χ3n) is 10.4. The topological polar surface area (TPSA) is 74.0 Å². The molecular weight excluding hydrogens is 579 g/mol. The normalized spacial score (nSPS) is 27.6. The Bertz CT molecular complexity index is 1520. The van der Waals surface area contributed by atoms with Crippen molar-refractivity contribution in [3.63, 3.8) is 0 Å². The number of nitrogens with zero attached hydrogens (tertiary/aromatic N) is 5. The van der Waals surface area contributed by atoms with Gasteiger partial charge in [-0.3, -0.25) is 14.9 Å². The lowest BCUT2D eigenvalue weighted by Crippen LogP contribution is -2.50. The number of methoxy groups -OCH3 is 1. The van der Waals surface area contributed by atoms with E-state index in [1.54, 1.807) is 26.4 Å². The van der Waals surface area contributed by atoms with E-state index in [2.05, 4.69) is 63.0 Å². The van der Waals surface area contributed by atoms with E-state index in [9.17, 15) is 0 Å². The number of ether oxygens (including phenoxy) is 2. The first-order valence-electron chi connectivity index (χ1n) is 16.9. The fourth-order valence-electron chi connectivity index (χ4n) is 8.37. The molecule has 6 rings (SSSR count). The van der Waals surface area contributed by atoms with E-state index in [0.717, 1.165) is 87.5 Å². The highest BCUT2D eigenvalue weighted by Crippen LogP contribution is 2.42. The molecule has 0 aliphatic carbocycles. The monoisotopic (exact) mass is 628 g/mol. The number of aliphatic imine (C=N–C) groups is 3. The van der Waals surface area contributed by atoms with E-state index in [1.165, 1.54) is 5.56 Å². The van der Waals surface area contributed by atoms with Crippen LogP contribution in [-0.2, 0) is 15.9 Å². The molecule has 0 radical (unpaired) electrons. The summed E-state index contributed by atoms with van der Waals surface area (Å²) in [5.74, 6) is 0.162. The van der Waals surface area contributed by atoms with E-state index in [0.29, 0.717) is 36.1 Å². The molecule has 1 N–H and O–H groups in total. The number of nitrogens with one attached hydrogen (secondary N) is 1. The zero-order chi connectivity index (χ0) is 32.1. The fourth-order valence-corrected chi connectivity index (χ4v) is 8.37. The molecule has 8 nitrogen and oxygen atoms in total. The maximum Gasteiger partial charge on any atom is 0.149 e. The number of hydrogen-bond donors (Lipinski definition) is 1. The third-order valence-corrected chi connectivity index (χ3v) is 10.4. The van der Waals surface area contributed by atoms with E-state index < -0.39 is 5.83 Å². The SMILES string of the molecule is C=N/C(=C(/C=NC)C(=NCOCC12CCCN1C(COC)CC2)/C(F)=C/c1cccc2cccc(CC)c12)N1CC2CCC(C1)N2. The second-order valence-electron chi connectivity index (χ2n) is 13.2. The van der Waals surface area contributed by atoms with Gasteiger partial charge in [-0.1, -0.05) is 43.3 Å². The Morgan fingerprint density at radius 2 is 1.91 bits per heavy atom. The van der Waals surface area contributed by atoms with Crippen LogP contribution in [0.1, 0.15) is 56.6 Å². The first-order chi connectivity index (χ1) is 22.5. The van der Waals surface area contributed by atoms with Crippen LogP contribution in [-0.4, -0.2) is 106 Å². The minimum Gasteiger partial charge on any atom is -0.383 e. The van der Waals surface area contributed by atoms with Crippen LogP contribution in [0.25, 0.3) is 16.8 Å². The van der Waals surface area contributed by atoms with Crippen LogP contribution in [0.15, 0.2) is 68.6 Å². The predicted octanol–water partition coefficient (Wildman–Crippen LogP) is 5.82. The number of hydrogen-bond acceptors (Lipinski definition) is 8. The van der Waals surface area contributed by atoms with E-state index >= 15 is 4.39 Å². The number of rotatable bonds is 13. The van der Waals surface area contributed by atoms with Crippen LogP contribution in [0.5, 0.6) is 0 Å². The van der Waals surface area contributed by atoms with E-state index in [4.69, 9.17) is 14.5 Å². The van der Waals surface area contributed by atoms with Crippen LogP contribution in [0.2, 0.25) is 0 Å². The number of aryl methyl sites for hydroxylation is 1. The standard InChI is InChI=1S/C37H49FN6O2/c1-5-26-9-6-10-27-11-7-12-28(34(26)27)19-33(38)35(32(20-39-2)36(40-3)43-21-29-13-14-30(22-43)42-29)41-25-46-24-37-16-8-18-44(37)31(15-17-37)23-45-4/h6-7,9-12,19-20,29-31,42H,3,5,8,13-18,21-25H2,1-2,4H3/b33-19-,36-32+,39-20?,41-35?. The molecule has 4 fully saturated rings. The third kappa shape index (κ3) is 6.61. The van der Waals surface area contributed by atoms with E-state index in [1.807, 2.05) is 12.1 Å². The molecule has 46 heavy (non-hydrogen) atoms. The summed E-state index contributed by atoms with van der Waals surface area (Å²) < 4.78 is 28.7. The Morgan fingerprint density at radius 1 is 1.13 bits per heavy atom. The summed E-state index contributed by atoms with van der Waals surface area (Å²) in [5, 5.41) is 5.81. The largest absolute Gasteiger partial charge is 0.383 e. The summed E-state index contributed by atoms with van der Waals surface area (Å²) in [4.78, 5) is 18.4. The molecular formula is C37H49FN6O2. The van der Waals surface area contributed by atoms with Gasteiger partial charge in [-0.05, 0) is 86.2 Å². The zero-order valence-electron chi connectivity index (χ0n) is 27.7. The van der Waals surface area contributed by atoms with Gasteiger partial charge in [-0.2, -0.15) is 0 Å². The van der Waals surface area contributed by atoms with Crippen LogP contribution < -0.4 is 5.32 Å². The first kappa shape index (κ1) is 32.7. The van der Waals surface area contributed by atoms with E-state index in [-0.39, 0.29) is 18.0 Å². The van der Waals surface area contributed by atoms with Crippen molar-refractivity contribution in [1.82, 2.24) is 15.1 Å². The zero-order valence-corrected chi connectivity index (χ0v) is 27.7. The Morgan fingerprint density at radius 3 is 2.63 bits per heavy atom. The van der Waals surface area contributed by atoms with Gasteiger partial charge in [0.1, 0.15) is 24.1 Å². The number of piperazine rings is 1. The smallest absolute Gasteiger partial charge is 0.149 e. The maximum absolute atomic E-state index is 16.9. The minimum absolute atomic E-state index is 0.00419. The lowest BCUT2D eigenvalue weighted by Gasteiger charge is -2.35. The highest BCUT2D eigenvalue weighted by Gasteiger charge is 2.49. The molecule has 4 saturated heterocycles. The molecule has 0 amide bonds. The van der Waals surface area contributed by atoms with Crippen molar-refractivity contribution in [3.05, 3.63) is 64.7 Å². The number of allylic oxidation sites excluding steroid dienone is 2. The molecule has 246 valence electrons. The average Bonchev–Trinajstić information content (AvgIpc) is 3.74. The Labute approximate surface area is 273 Å². The lowest BCUT2D eigenvalue weighted by atomic mass is 9.95. The molecule has 2 aromatic rings. The molecule has 0 spiro atoms. The summed E-state index contributed by atoms with van der Waals surface area (Å²) in [6.45, 7) is 10.0. The van der Waals surface area contributed by atoms with Gasteiger partial charge in [0.15, 0.2) is 0 Å². The van der Waals surface area contributed by atoms with Gasteiger partial charge in [0, 0.05) is 57.1 Å². The van der Waals surface area contributed by atoms with Gasteiger partial charge in [-0.15, -0.1) is 0 Å². The lowest BCUT2D eigenvalue weighted by molar-refractivity contribution is 0.0137. The maximum atomic E-state index is 16.9. The summed E-state index contributed by atoms with van der Waals surface area (Å²) in [5.41, 5.74) is 2.71. The molecule has 9 heteroatoms. The number of halogens is 1. The molecule has 2 aromatic carbocycles. The van der Waals surface area contributed by atoms with Crippen molar-refractivity contribution in [2.45, 2.75) is 75.5 Å². The highest BCUT2D eigenvalue weighted by molar-refractivity contribution is 6.25. The van der Waals surface area contributed by atoms with Crippen molar-refractivity contribution >= 4 is 35.5 Å². The second-order valence-corrected chi connectivity index (χ2v) is 13.2. The summed E-state index contributed by atoms with van der Waals surface area (Å²) in [6, 6.07) is 13.5. The van der Waals surface area contributed by atoms with Crippen LogP contribution in [0.4, 0.5) is 4.39 Å². The van der Waals surface area contributed by atoms with Gasteiger partial charge in [0.2, 0.25) is 0 Å². The van der Waals surface area contributed by atoms with Crippen LogP contribution in [0.3, 0.4) is 0 Å². The second kappa shape index (κ2) is 14.7. The van der Waals surface area contributed by atoms with Gasteiger partial charge in [0.25, 0.3) is 0 Å². The molecule has 0 saturated carbocycles. The summed E-state index contributed by atoms with van der Waals surface area (Å²) in [7, 11) is 3.47. The van der Waals surface area contributed by atoms with Crippen LogP contribution >= 0.6 is 0 Å². The molecule has 4 aliphatic rings. The Balaban J connectivity index is 1.36. The Kier molecular flexibility index (Phi) is 10.4. The van der Waals surface area contributed by atoms with Crippen molar-refractivity contribution in [1.29, 1.82) is 0 Å². The van der Waals surface area contributed by atoms with Crippen LogP contribution in [0, 0.1) is 0 Å². The molecule has 2 bridgehead atoms. The predicted molar refractivity (Wildman–Crippen MR) is 187 cm³/mol. The van der Waals surface area contributed by atoms with Gasteiger partial charge < -0.3 is 19.7 Å². The van der Waals surface area contributed by atoms with Crippen molar-refractivity contribution in [2.75, 3.05) is 53.7 Å². The highest BCUT2D eigenvalue weighted by atomic mass is 19.1. The number of fused-ring (bicyclic) bond motifs is 4. The van der Waals surface area contributed by atoms with Crippen molar-refractivity contribution < 1.29 is 13.9 Å². The van der Waals surface area contributed by atoms with Crippen molar-refractivity contribution in [2.24, 2.45) is 15.0 Å². The van der Waals surface area contributed by atoms with Gasteiger partial charge in [-0.25, -0.2) is 9.38 Å². The molecule has 4 aliphatic heterocycles. The number of benzene rings is 2. The number of likely N-dealkylation sites (tertiary alicyclic amines) is 1. The first-order valence-corrected chi connectivity index (χ1v) is 16.9. The van der Waals surface area contributed by atoms with Gasteiger partial charge >= 0.3 is 0 Å². The fraction of sp³-hybridized carbons (Fsp3) is 0.541. The average molecular weight is 629 g/mol. The van der Waals surface area contributed by atoms with Gasteiger partial charge in [0.05, 0.1) is 18.8 Å². The van der Waals surface area contributed by atoms with Crippen molar-refractivity contribution in [3.8, 4) is 0 Å². The molecule has 4 heterocycles. The summed E-state index contributed by atoms with van der Waals surface area (Å²) in [6.07, 6.45) is 10.8. The Hall–Kier alpha value is -3.24. The molecule has 0 aromatic heterocycles. The molecule has 4 unspecified atom stereocenters. The summed E-state index contributed by atoms with van der Waals surface area (Å²) >= 11 is 0.